The van der Waals surface area contributed by atoms with Gasteiger partial charge < -0.3 is 10.2 Å². The van der Waals surface area contributed by atoms with Crippen LogP contribution >= 0.6 is 35.1 Å². The van der Waals surface area contributed by atoms with Gasteiger partial charge in [0.15, 0.2) is 0 Å². The molecule has 0 atom stereocenters. The Labute approximate surface area is 179 Å². The second-order valence-electron chi connectivity index (χ2n) is 6.52. The highest BCUT2D eigenvalue weighted by Gasteiger charge is 2.21. The Bertz CT molecular complexity index is 852. The molecule has 28 heavy (non-hydrogen) atoms. The molecular weight excluding hydrogens is 412 g/mol. The standard InChI is InChI=1S/C21H23ClN2O2S2/c1-3-24(13-19(25)23-18-12-17(22)9-4-14(18)2)20(26)15-5-7-16(8-6-15)21-27-10-11-28-21/h4-9,12,21H,3,10-11,13H2,1-2H3,(H,23,25). The zero-order valence-corrected chi connectivity index (χ0v) is 18.3. The second kappa shape index (κ2) is 9.72. The summed E-state index contributed by atoms with van der Waals surface area (Å²) in [6.45, 7) is 4.22. The lowest BCUT2D eigenvalue weighted by molar-refractivity contribution is -0.116. The minimum Gasteiger partial charge on any atom is -0.330 e. The number of nitrogens with zero attached hydrogens (tertiary/aromatic N) is 1. The van der Waals surface area contributed by atoms with E-state index >= 15 is 0 Å². The lowest BCUT2D eigenvalue weighted by Crippen LogP contribution is -2.38. The van der Waals surface area contributed by atoms with Crippen molar-refractivity contribution in [2.45, 2.75) is 18.4 Å². The maximum atomic E-state index is 12.8. The van der Waals surface area contributed by atoms with Gasteiger partial charge in [0.05, 0.1) is 4.58 Å². The van der Waals surface area contributed by atoms with Crippen molar-refractivity contribution in [1.29, 1.82) is 0 Å². The van der Waals surface area contributed by atoms with Gasteiger partial charge in [-0.3, -0.25) is 9.59 Å². The first-order valence-electron chi connectivity index (χ1n) is 9.16. The predicted octanol–water partition coefficient (Wildman–Crippen LogP) is 5.23. The number of hydrogen-bond donors (Lipinski definition) is 1. The summed E-state index contributed by atoms with van der Waals surface area (Å²) in [5.41, 5.74) is 3.42. The van der Waals surface area contributed by atoms with Crippen molar-refractivity contribution < 1.29 is 9.59 Å². The fourth-order valence-corrected chi connectivity index (χ4v) is 5.97. The summed E-state index contributed by atoms with van der Waals surface area (Å²) in [4.78, 5) is 26.8. The van der Waals surface area contributed by atoms with Crippen LogP contribution in [0.5, 0.6) is 0 Å². The molecule has 148 valence electrons. The van der Waals surface area contributed by atoms with Crippen LogP contribution in [0, 0.1) is 6.92 Å². The van der Waals surface area contributed by atoms with Crippen molar-refractivity contribution in [3.05, 3.63) is 64.2 Å². The fourth-order valence-electron chi connectivity index (χ4n) is 2.94. The molecule has 1 heterocycles. The number of hydrogen-bond acceptors (Lipinski definition) is 4. The summed E-state index contributed by atoms with van der Waals surface area (Å²) >= 11 is 9.88. The molecule has 3 rings (SSSR count). The van der Waals surface area contributed by atoms with Crippen LogP contribution < -0.4 is 5.32 Å². The average molecular weight is 435 g/mol. The molecule has 1 fully saturated rings. The summed E-state index contributed by atoms with van der Waals surface area (Å²) < 4.78 is 0.457. The van der Waals surface area contributed by atoms with Gasteiger partial charge in [0.1, 0.15) is 6.54 Å². The molecule has 0 bridgehead atoms. The Morgan fingerprint density at radius 3 is 2.46 bits per heavy atom. The number of benzene rings is 2. The van der Waals surface area contributed by atoms with Crippen LogP contribution in [-0.2, 0) is 4.79 Å². The molecule has 7 heteroatoms. The maximum Gasteiger partial charge on any atom is 0.254 e. The first-order valence-corrected chi connectivity index (χ1v) is 11.6. The number of rotatable bonds is 6. The monoisotopic (exact) mass is 434 g/mol. The zero-order valence-electron chi connectivity index (χ0n) is 15.9. The minimum atomic E-state index is -0.240. The number of aryl methyl sites for hydroxylation is 1. The highest BCUT2D eigenvalue weighted by atomic mass is 35.5. The van der Waals surface area contributed by atoms with E-state index in [0.29, 0.717) is 27.4 Å². The molecule has 0 radical (unpaired) electrons. The molecule has 0 spiro atoms. The maximum absolute atomic E-state index is 12.8. The lowest BCUT2D eigenvalue weighted by atomic mass is 10.1. The molecule has 0 aliphatic carbocycles. The number of carbonyl (C=O) groups excluding carboxylic acids is 2. The van der Waals surface area contributed by atoms with Gasteiger partial charge >= 0.3 is 0 Å². The summed E-state index contributed by atoms with van der Waals surface area (Å²) in [5.74, 6) is 1.96. The summed E-state index contributed by atoms with van der Waals surface area (Å²) in [7, 11) is 0. The van der Waals surface area contributed by atoms with Gasteiger partial charge in [-0.1, -0.05) is 29.8 Å². The number of carbonyl (C=O) groups is 2. The van der Waals surface area contributed by atoms with Crippen molar-refractivity contribution in [2.75, 3.05) is 29.9 Å². The molecule has 1 aliphatic heterocycles. The molecule has 1 N–H and O–H groups in total. The van der Waals surface area contributed by atoms with Gasteiger partial charge in [-0.25, -0.2) is 0 Å². The summed E-state index contributed by atoms with van der Waals surface area (Å²) in [5, 5.41) is 3.40. The van der Waals surface area contributed by atoms with Gasteiger partial charge in [0.2, 0.25) is 5.91 Å². The van der Waals surface area contributed by atoms with Gasteiger partial charge in [0, 0.05) is 34.3 Å². The molecule has 1 saturated heterocycles. The second-order valence-corrected chi connectivity index (χ2v) is 9.68. The minimum absolute atomic E-state index is 0.00261. The molecule has 4 nitrogen and oxygen atoms in total. The van der Waals surface area contributed by atoms with Gasteiger partial charge in [-0.15, -0.1) is 23.5 Å². The summed E-state index contributed by atoms with van der Waals surface area (Å²) in [6, 6.07) is 13.1. The Hall–Kier alpha value is -1.63. The molecular formula is C21H23ClN2O2S2. The van der Waals surface area contributed by atoms with Crippen LogP contribution in [0.3, 0.4) is 0 Å². The van der Waals surface area contributed by atoms with Crippen LogP contribution in [0.1, 0.15) is 33.0 Å². The van der Waals surface area contributed by atoms with Crippen molar-refractivity contribution in [1.82, 2.24) is 4.90 Å². The first kappa shape index (κ1) is 21.1. The quantitative estimate of drug-likeness (QED) is 0.676. The van der Waals surface area contributed by atoms with E-state index in [1.807, 2.05) is 67.7 Å². The number of anilines is 1. The van der Waals surface area contributed by atoms with Crippen molar-refractivity contribution in [3.8, 4) is 0 Å². The topological polar surface area (TPSA) is 49.4 Å². The van der Waals surface area contributed by atoms with E-state index < -0.39 is 0 Å². The Kier molecular flexibility index (Phi) is 7.32. The first-order chi connectivity index (χ1) is 13.5. The molecule has 2 aromatic rings. The third-order valence-electron chi connectivity index (χ3n) is 4.53. The molecule has 0 saturated carbocycles. The predicted molar refractivity (Wildman–Crippen MR) is 120 cm³/mol. The number of nitrogens with one attached hydrogen (secondary N) is 1. The number of thioether (sulfide) groups is 2. The van der Waals surface area contributed by atoms with Crippen molar-refractivity contribution in [3.63, 3.8) is 0 Å². The normalized spacial score (nSPS) is 14.1. The smallest absolute Gasteiger partial charge is 0.254 e. The molecule has 0 unspecified atom stereocenters. The number of amides is 2. The van der Waals surface area contributed by atoms with Crippen LogP contribution in [0.25, 0.3) is 0 Å². The molecule has 2 aromatic carbocycles. The fraction of sp³-hybridized carbons (Fsp3) is 0.333. The van der Waals surface area contributed by atoms with E-state index in [-0.39, 0.29) is 18.4 Å². The van der Waals surface area contributed by atoms with Crippen LogP contribution in [0.4, 0.5) is 5.69 Å². The van der Waals surface area contributed by atoms with E-state index in [0.717, 1.165) is 5.56 Å². The van der Waals surface area contributed by atoms with E-state index in [4.69, 9.17) is 11.6 Å². The Balaban J connectivity index is 1.64. The van der Waals surface area contributed by atoms with Gasteiger partial charge in [-0.2, -0.15) is 0 Å². The van der Waals surface area contributed by atoms with E-state index in [2.05, 4.69) is 5.32 Å². The van der Waals surface area contributed by atoms with Gasteiger partial charge in [0.25, 0.3) is 5.91 Å². The van der Waals surface area contributed by atoms with Crippen molar-refractivity contribution >= 4 is 52.6 Å². The van der Waals surface area contributed by atoms with Crippen LogP contribution in [-0.4, -0.2) is 41.3 Å². The van der Waals surface area contributed by atoms with E-state index in [1.165, 1.54) is 17.1 Å². The SMILES string of the molecule is CCN(CC(=O)Nc1cc(Cl)ccc1C)C(=O)c1ccc(C2SCCS2)cc1. The Morgan fingerprint density at radius 2 is 1.82 bits per heavy atom. The molecule has 0 aromatic heterocycles. The lowest BCUT2D eigenvalue weighted by Gasteiger charge is -2.21. The van der Waals surface area contributed by atoms with Crippen molar-refractivity contribution in [2.24, 2.45) is 0 Å². The molecule has 2 amide bonds. The molecule has 1 aliphatic rings. The van der Waals surface area contributed by atoms with E-state index in [1.54, 1.807) is 17.0 Å². The highest BCUT2D eigenvalue weighted by molar-refractivity contribution is 8.19. The Morgan fingerprint density at radius 1 is 1.14 bits per heavy atom. The summed E-state index contributed by atoms with van der Waals surface area (Å²) in [6.07, 6.45) is 0. The van der Waals surface area contributed by atoms with Crippen LogP contribution in [0.15, 0.2) is 42.5 Å². The van der Waals surface area contributed by atoms with E-state index in [9.17, 15) is 9.59 Å². The number of halogens is 1. The highest BCUT2D eigenvalue weighted by Crippen LogP contribution is 2.45. The average Bonchev–Trinajstić information content (AvgIpc) is 3.23. The number of likely N-dealkylation sites (N-methyl/N-ethyl adjacent to an activating group) is 1. The zero-order chi connectivity index (χ0) is 20.1. The van der Waals surface area contributed by atoms with Gasteiger partial charge in [-0.05, 0) is 49.2 Å². The largest absolute Gasteiger partial charge is 0.330 e. The third-order valence-corrected chi connectivity index (χ3v) is 7.87. The third kappa shape index (κ3) is 5.25. The van der Waals surface area contributed by atoms with Crippen LogP contribution in [0.2, 0.25) is 5.02 Å².